The first kappa shape index (κ1) is 19.5. The summed E-state index contributed by atoms with van der Waals surface area (Å²) >= 11 is 6.15. The maximum absolute atomic E-state index is 11.1. The molecule has 1 aliphatic carbocycles. The highest BCUT2D eigenvalue weighted by Crippen LogP contribution is 2.59. The molecule has 1 heterocycles. The molecule has 1 saturated heterocycles. The van der Waals surface area contributed by atoms with E-state index in [2.05, 4.69) is 53.8 Å². The number of hydrogen-bond acceptors (Lipinski definition) is 2. The van der Waals surface area contributed by atoms with Crippen LogP contribution in [-0.4, -0.2) is 32.5 Å². The van der Waals surface area contributed by atoms with Crippen LogP contribution in [0.5, 0.6) is 0 Å². The van der Waals surface area contributed by atoms with E-state index in [0.717, 1.165) is 35.7 Å². The highest BCUT2D eigenvalue weighted by molar-refractivity contribution is 6.30. The minimum atomic E-state index is 0.0603. The Morgan fingerprint density at radius 1 is 0.867 bits per heavy atom. The Hall–Kier alpha value is -2.46. The summed E-state index contributed by atoms with van der Waals surface area (Å²) in [6, 6.07) is 25.1. The van der Waals surface area contributed by atoms with Gasteiger partial charge in [0.2, 0.25) is 6.29 Å². The zero-order valence-corrected chi connectivity index (χ0v) is 17.7. The molecule has 1 saturated carbocycles. The lowest BCUT2D eigenvalue weighted by Crippen LogP contribution is -2.65. The molecular formula is C26H25ClN2O+. The van der Waals surface area contributed by atoms with Crippen molar-refractivity contribution in [3.63, 3.8) is 0 Å². The second-order valence-electron chi connectivity index (χ2n) is 8.40. The van der Waals surface area contributed by atoms with E-state index < -0.39 is 0 Å². The monoisotopic (exact) mass is 416 g/mol. The third-order valence-corrected chi connectivity index (χ3v) is 7.20. The molecular weight excluding hydrogens is 392 g/mol. The average molecular weight is 417 g/mol. The van der Waals surface area contributed by atoms with Gasteiger partial charge in [-0.2, -0.15) is 0 Å². The second-order valence-corrected chi connectivity index (χ2v) is 8.83. The molecule has 0 unspecified atom stereocenters. The molecule has 151 valence electrons. The van der Waals surface area contributed by atoms with E-state index in [-0.39, 0.29) is 5.54 Å². The first-order chi connectivity index (χ1) is 14.7. The summed E-state index contributed by atoms with van der Waals surface area (Å²) in [4.78, 5) is 11.1. The summed E-state index contributed by atoms with van der Waals surface area (Å²) in [5.41, 5.74) is 5.88. The van der Waals surface area contributed by atoms with Crippen LogP contribution >= 0.6 is 11.6 Å². The normalized spacial score (nSPS) is 19.2. The first-order valence-electron chi connectivity index (χ1n) is 10.6. The van der Waals surface area contributed by atoms with E-state index in [1.165, 1.54) is 35.2 Å². The van der Waals surface area contributed by atoms with E-state index >= 15 is 0 Å². The molecule has 1 aliphatic heterocycles. The lowest BCUT2D eigenvalue weighted by molar-refractivity contribution is 0.157. The number of piperazine rings is 1. The van der Waals surface area contributed by atoms with E-state index in [9.17, 15) is 4.79 Å². The maximum atomic E-state index is 11.1. The van der Waals surface area contributed by atoms with Crippen LogP contribution < -0.4 is 9.80 Å². The van der Waals surface area contributed by atoms with Gasteiger partial charge in [0.05, 0.1) is 13.1 Å². The Kier molecular flexibility index (Phi) is 4.98. The van der Waals surface area contributed by atoms with Crippen LogP contribution in [0.2, 0.25) is 5.02 Å². The molecule has 3 nitrogen and oxygen atoms in total. The van der Waals surface area contributed by atoms with Gasteiger partial charge >= 0.3 is 0 Å². The lowest BCUT2D eigenvalue weighted by atomic mass is 9.89. The van der Waals surface area contributed by atoms with Crippen molar-refractivity contribution in [2.24, 2.45) is 0 Å². The number of quaternary nitrogens is 1. The van der Waals surface area contributed by atoms with Gasteiger partial charge in [0, 0.05) is 42.1 Å². The number of rotatable bonds is 5. The molecule has 1 radical (unpaired) electrons. The summed E-state index contributed by atoms with van der Waals surface area (Å²) in [5.74, 6) is 0. The van der Waals surface area contributed by atoms with Crippen molar-refractivity contribution < 1.29 is 4.79 Å². The van der Waals surface area contributed by atoms with Crippen molar-refractivity contribution in [3.8, 4) is 11.1 Å². The minimum absolute atomic E-state index is 0.0603. The molecule has 2 aliphatic rings. The van der Waals surface area contributed by atoms with Gasteiger partial charge < -0.3 is 5.32 Å². The van der Waals surface area contributed by atoms with Gasteiger partial charge in [0.25, 0.3) is 0 Å². The van der Waals surface area contributed by atoms with Crippen LogP contribution in [0.25, 0.3) is 11.1 Å². The van der Waals surface area contributed by atoms with E-state index in [1.54, 1.807) is 0 Å². The van der Waals surface area contributed by atoms with Crippen molar-refractivity contribution in [1.29, 1.82) is 0 Å². The molecule has 0 spiro atoms. The van der Waals surface area contributed by atoms with Gasteiger partial charge in [-0.05, 0) is 47.5 Å². The van der Waals surface area contributed by atoms with Gasteiger partial charge in [0.1, 0.15) is 11.2 Å². The molecule has 0 bridgehead atoms. The quantitative estimate of drug-likeness (QED) is 0.588. The summed E-state index contributed by atoms with van der Waals surface area (Å²) in [6.45, 7) is 4.07. The minimum Gasteiger partial charge on any atom is -0.306 e. The summed E-state index contributed by atoms with van der Waals surface area (Å²) in [5, 5.41) is 4.30. The van der Waals surface area contributed by atoms with Crippen LogP contribution in [0, 0.1) is 0 Å². The van der Waals surface area contributed by atoms with Gasteiger partial charge in [-0.15, -0.1) is 0 Å². The number of hydrogen-bond donors (Lipinski definition) is 1. The van der Waals surface area contributed by atoms with Gasteiger partial charge in [-0.1, -0.05) is 48.0 Å². The molecule has 5 rings (SSSR count). The predicted molar refractivity (Wildman–Crippen MR) is 123 cm³/mol. The lowest BCUT2D eigenvalue weighted by Gasteiger charge is -2.48. The van der Waals surface area contributed by atoms with Gasteiger partial charge in [0.15, 0.2) is 0 Å². The Bertz CT molecular complexity index is 1050. The molecule has 4 heteroatoms. The molecule has 30 heavy (non-hydrogen) atoms. The largest absolute Gasteiger partial charge is 0.306 e. The highest BCUT2D eigenvalue weighted by atomic mass is 35.5. The fourth-order valence-corrected chi connectivity index (χ4v) is 5.47. The number of halogens is 1. The Labute approximate surface area is 182 Å². The first-order valence-corrected chi connectivity index (χ1v) is 11.0. The third-order valence-electron chi connectivity index (χ3n) is 6.95. The zero-order chi connectivity index (χ0) is 20.6. The van der Waals surface area contributed by atoms with Crippen molar-refractivity contribution in [2.45, 2.75) is 18.4 Å². The van der Waals surface area contributed by atoms with Crippen LogP contribution in [0.1, 0.15) is 24.0 Å². The zero-order valence-electron chi connectivity index (χ0n) is 16.9. The SMILES string of the molecule is O=[C]c1ccc([N+]2(C3(c4ccccc4-c4ccc(Cl)cc4)CC3)CCNCC2)cc1. The molecule has 3 aromatic rings. The molecule has 0 atom stereocenters. The fraction of sp³-hybridized carbons (Fsp3) is 0.269. The Balaban J connectivity index is 1.66. The molecule has 2 fully saturated rings. The van der Waals surface area contributed by atoms with Crippen LogP contribution in [0.3, 0.4) is 0 Å². The van der Waals surface area contributed by atoms with Crippen LogP contribution in [-0.2, 0) is 10.3 Å². The predicted octanol–water partition coefficient (Wildman–Crippen LogP) is 5.06. The molecule has 0 aromatic heterocycles. The van der Waals surface area contributed by atoms with Crippen molar-refractivity contribution in [2.75, 3.05) is 26.2 Å². The smallest absolute Gasteiger partial charge is 0.233 e. The maximum Gasteiger partial charge on any atom is 0.233 e. The van der Waals surface area contributed by atoms with Crippen molar-refractivity contribution >= 4 is 23.6 Å². The van der Waals surface area contributed by atoms with Crippen molar-refractivity contribution in [3.05, 3.63) is 88.9 Å². The third kappa shape index (κ3) is 3.09. The number of nitrogens with zero attached hydrogens (tertiary/aromatic N) is 1. The molecule has 0 amide bonds. The summed E-state index contributed by atoms with van der Waals surface area (Å²) in [7, 11) is 0. The summed E-state index contributed by atoms with van der Waals surface area (Å²) < 4.78 is 0.934. The number of nitrogens with one attached hydrogen (secondary N) is 1. The number of benzene rings is 3. The second kappa shape index (κ2) is 7.66. The van der Waals surface area contributed by atoms with E-state index in [4.69, 9.17) is 11.6 Å². The Morgan fingerprint density at radius 2 is 1.53 bits per heavy atom. The van der Waals surface area contributed by atoms with Crippen molar-refractivity contribution in [1.82, 2.24) is 9.80 Å². The molecule has 1 N–H and O–H groups in total. The fourth-order valence-electron chi connectivity index (χ4n) is 5.34. The van der Waals surface area contributed by atoms with Crippen LogP contribution in [0.15, 0.2) is 72.8 Å². The van der Waals surface area contributed by atoms with Crippen LogP contribution in [0.4, 0.5) is 5.69 Å². The van der Waals surface area contributed by atoms with E-state index in [1.807, 2.05) is 30.6 Å². The highest BCUT2D eigenvalue weighted by Gasteiger charge is 2.63. The van der Waals surface area contributed by atoms with E-state index in [0.29, 0.717) is 5.56 Å². The number of carbonyl (C=O) groups excluding carboxylic acids is 1. The van der Waals surface area contributed by atoms with Gasteiger partial charge in [-0.3, -0.25) is 9.28 Å². The average Bonchev–Trinajstić information content (AvgIpc) is 3.63. The topological polar surface area (TPSA) is 29.1 Å². The van der Waals surface area contributed by atoms with Gasteiger partial charge in [-0.25, -0.2) is 0 Å². The Morgan fingerprint density at radius 3 is 2.17 bits per heavy atom. The molecule has 3 aromatic carbocycles. The standard InChI is InChI=1S/C26H25ClN2O/c27-22-9-7-21(8-10-22)24-3-1-2-4-25(24)26(13-14-26)29(17-15-28-16-18-29)23-11-5-20(19-30)6-12-23/h1-12,28H,13-18H2/q+1. The summed E-state index contributed by atoms with van der Waals surface area (Å²) in [6.07, 6.45) is 4.34.